The molecule has 2 aromatic rings. The molecule has 4 heteroatoms. The zero-order valence-electron chi connectivity index (χ0n) is 12.0. The smallest absolute Gasteiger partial charge is 0.285 e. The van der Waals surface area contributed by atoms with Crippen molar-refractivity contribution in [3.63, 3.8) is 0 Å². The van der Waals surface area contributed by atoms with Gasteiger partial charge >= 0.3 is 0 Å². The lowest BCUT2D eigenvalue weighted by Crippen LogP contribution is -2.36. The second-order valence-electron chi connectivity index (χ2n) is 5.10. The number of rotatable bonds is 2. The number of hydrogen-bond donors (Lipinski definition) is 0. The predicted molar refractivity (Wildman–Crippen MR) is 82.3 cm³/mol. The molecule has 21 heavy (non-hydrogen) atoms. The van der Waals surface area contributed by atoms with Crippen molar-refractivity contribution in [2.24, 2.45) is 5.10 Å². The van der Waals surface area contributed by atoms with Gasteiger partial charge in [-0.1, -0.05) is 29.8 Å². The van der Waals surface area contributed by atoms with Crippen LogP contribution in [0.5, 0.6) is 0 Å². The molecule has 0 N–H and O–H groups in total. The Morgan fingerprint density at radius 3 is 2.52 bits per heavy atom. The first kappa shape index (κ1) is 13.4. The van der Waals surface area contributed by atoms with Gasteiger partial charge in [-0.15, -0.1) is 5.10 Å². The summed E-state index contributed by atoms with van der Waals surface area (Å²) in [7, 11) is 0. The first-order valence-electron chi connectivity index (χ1n) is 6.81. The minimum Gasteiger partial charge on any atom is -0.466 e. The Balaban J connectivity index is 1.98. The van der Waals surface area contributed by atoms with Gasteiger partial charge in [0, 0.05) is 5.56 Å². The maximum absolute atomic E-state index is 12.0. The molecule has 0 saturated heterocycles. The Bertz CT molecular complexity index is 705. The Morgan fingerprint density at radius 1 is 1.05 bits per heavy atom. The number of amides is 1. The Labute approximate surface area is 123 Å². The van der Waals surface area contributed by atoms with Gasteiger partial charge in [0.25, 0.3) is 5.91 Å². The Kier molecular flexibility index (Phi) is 3.44. The molecular weight excluding hydrogens is 264 g/mol. The molecule has 0 atom stereocenters. The lowest BCUT2D eigenvalue weighted by molar-refractivity contribution is -0.121. The van der Waals surface area contributed by atoms with Crippen LogP contribution in [0.4, 0.5) is 5.69 Å². The normalized spacial score (nSPS) is 14.7. The van der Waals surface area contributed by atoms with Gasteiger partial charge in [0.2, 0.25) is 5.90 Å². The molecule has 3 rings (SSSR count). The van der Waals surface area contributed by atoms with Gasteiger partial charge in [-0.3, -0.25) is 4.79 Å². The van der Waals surface area contributed by atoms with E-state index in [1.54, 1.807) is 0 Å². The fourth-order valence-corrected chi connectivity index (χ4v) is 2.17. The maximum Gasteiger partial charge on any atom is 0.285 e. The van der Waals surface area contributed by atoms with Crippen molar-refractivity contribution >= 4 is 17.5 Å². The SMILES string of the molecule is Cc1ccc(C2=NN(c3cccc(C)c3)C(=O)CO2)cc1. The lowest BCUT2D eigenvalue weighted by atomic mass is 10.1. The second kappa shape index (κ2) is 5.40. The van der Waals surface area contributed by atoms with E-state index in [4.69, 9.17) is 4.74 Å². The first-order valence-corrected chi connectivity index (χ1v) is 6.81. The van der Waals surface area contributed by atoms with Crippen molar-refractivity contribution in [3.05, 3.63) is 65.2 Å². The molecule has 1 heterocycles. The Morgan fingerprint density at radius 2 is 1.81 bits per heavy atom. The standard InChI is InChI=1S/C17H16N2O2/c1-12-6-8-14(9-7-12)17-18-19(16(20)11-21-17)15-5-3-4-13(2)10-15/h3-10H,11H2,1-2H3. The van der Waals surface area contributed by atoms with Crippen LogP contribution in [0.2, 0.25) is 0 Å². The van der Waals surface area contributed by atoms with E-state index >= 15 is 0 Å². The van der Waals surface area contributed by atoms with Crippen LogP contribution in [0.1, 0.15) is 16.7 Å². The first-order chi connectivity index (χ1) is 10.1. The van der Waals surface area contributed by atoms with Crippen LogP contribution >= 0.6 is 0 Å². The van der Waals surface area contributed by atoms with Crippen molar-refractivity contribution in [2.45, 2.75) is 13.8 Å². The summed E-state index contributed by atoms with van der Waals surface area (Å²) in [6.07, 6.45) is 0. The molecule has 0 aromatic heterocycles. The minimum atomic E-state index is -0.170. The lowest BCUT2D eigenvalue weighted by Gasteiger charge is -2.24. The highest BCUT2D eigenvalue weighted by Gasteiger charge is 2.23. The predicted octanol–water partition coefficient (Wildman–Crippen LogP) is 3.03. The summed E-state index contributed by atoms with van der Waals surface area (Å²) in [6, 6.07) is 15.6. The number of ether oxygens (including phenoxy) is 1. The van der Waals surface area contributed by atoms with E-state index in [9.17, 15) is 4.79 Å². The van der Waals surface area contributed by atoms with Crippen molar-refractivity contribution in [2.75, 3.05) is 11.6 Å². The molecule has 0 saturated carbocycles. The molecule has 0 radical (unpaired) electrons. The zero-order valence-corrected chi connectivity index (χ0v) is 12.0. The van der Waals surface area contributed by atoms with Crippen LogP contribution in [0.25, 0.3) is 0 Å². The number of anilines is 1. The number of nitrogens with zero attached hydrogens (tertiary/aromatic N) is 2. The van der Waals surface area contributed by atoms with Gasteiger partial charge in [0.15, 0.2) is 6.61 Å². The van der Waals surface area contributed by atoms with E-state index in [-0.39, 0.29) is 12.5 Å². The van der Waals surface area contributed by atoms with E-state index in [1.165, 1.54) is 10.6 Å². The number of benzene rings is 2. The molecule has 0 bridgehead atoms. The molecule has 1 amide bonds. The second-order valence-corrected chi connectivity index (χ2v) is 5.10. The van der Waals surface area contributed by atoms with Crippen molar-refractivity contribution in [1.82, 2.24) is 0 Å². The summed E-state index contributed by atoms with van der Waals surface area (Å²) in [5.74, 6) is 0.299. The quantitative estimate of drug-likeness (QED) is 0.848. The average molecular weight is 280 g/mol. The molecule has 4 nitrogen and oxygen atoms in total. The van der Waals surface area contributed by atoms with E-state index < -0.39 is 0 Å². The molecule has 1 aliphatic rings. The van der Waals surface area contributed by atoms with E-state index in [2.05, 4.69) is 5.10 Å². The molecule has 1 aliphatic heterocycles. The summed E-state index contributed by atoms with van der Waals surface area (Å²) in [5.41, 5.74) is 3.87. The third-order valence-electron chi connectivity index (χ3n) is 3.30. The molecule has 0 aliphatic carbocycles. The van der Waals surface area contributed by atoms with Crippen LogP contribution in [0.15, 0.2) is 53.6 Å². The molecule has 106 valence electrons. The zero-order chi connectivity index (χ0) is 14.8. The van der Waals surface area contributed by atoms with E-state index in [1.807, 2.05) is 62.4 Å². The summed E-state index contributed by atoms with van der Waals surface area (Å²) in [5, 5.41) is 5.76. The number of hydrogen-bond acceptors (Lipinski definition) is 3. The van der Waals surface area contributed by atoms with Crippen LogP contribution in [-0.4, -0.2) is 18.4 Å². The van der Waals surface area contributed by atoms with Crippen molar-refractivity contribution in [3.8, 4) is 0 Å². The van der Waals surface area contributed by atoms with E-state index in [0.29, 0.717) is 5.90 Å². The summed E-state index contributed by atoms with van der Waals surface area (Å²) >= 11 is 0. The molecular formula is C17H16N2O2. The fourth-order valence-electron chi connectivity index (χ4n) is 2.17. The van der Waals surface area contributed by atoms with Gasteiger partial charge < -0.3 is 4.74 Å². The number of carbonyl (C=O) groups is 1. The van der Waals surface area contributed by atoms with Gasteiger partial charge in [-0.25, -0.2) is 0 Å². The van der Waals surface area contributed by atoms with Gasteiger partial charge in [-0.05, 0) is 43.7 Å². The number of carbonyl (C=O) groups excluding carboxylic acids is 1. The maximum atomic E-state index is 12.0. The van der Waals surface area contributed by atoms with Crippen molar-refractivity contribution in [1.29, 1.82) is 0 Å². The Hall–Kier alpha value is -2.62. The minimum absolute atomic E-state index is 0.000646. The van der Waals surface area contributed by atoms with Crippen LogP contribution in [0, 0.1) is 13.8 Å². The average Bonchev–Trinajstić information content (AvgIpc) is 2.49. The highest BCUT2D eigenvalue weighted by molar-refractivity contribution is 6.04. The molecule has 0 unspecified atom stereocenters. The molecule has 0 fully saturated rings. The van der Waals surface area contributed by atoms with Crippen LogP contribution in [0.3, 0.4) is 0 Å². The van der Waals surface area contributed by atoms with Gasteiger partial charge in [0.05, 0.1) is 5.69 Å². The third-order valence-corrected chi connectivity index (χ3v) is 3.30. The van der Waals surface area contributed by atoms with Crippen LogP contribution in [-0.2, 0) is 9.53 Å². The summed E-state index contributed by atoms with van der Waals surface area (Å²) in [6.45, 7) is 4.01. The monoisotopic (exact) mass is 280 g/mol. The highest BCUT2D eigenvalue weighted by atomic mass is 16.5. The molecule has 0 spiro atoms. The number of hydrazone groups is 1. The molecule has 2 aromatic carbocycles. The van der Waals surface area contributed by atoms with E-state index in [0.717, 1.165) is 16.8 Å². The van der Waals surface area contributed by atoms with Crippen molar-refractivity contribution < 1.29 is 9.53 Å². The van der Waals surface area contributed by atoms with Gasteiger partial charge in [0.1, 0.15) is 0 Å². The summed E-state index contributed by atoms with van der Waals surface area (Å²) in [4.78, 5) is 12.0. The number of aryl methyl sites for hydroxylation is 2. The largest absolute Gasteiger partial charge is 0.466 e. The topological polar surface area (TPSA) is 41.9 Å². The fraction of sp³-hybridized carbons (Fsp3) is 0.176. The highest BCUT2D eigenvalue weighted by Crippen LogP contribution is 2.20. The van der Waals surface area contributed by atoms with Gasteiger partial charge in [-0.2, -0.15) is 5.01 Å². The third kappa shape index (κ3) is 2.79. The summed E-state index contributed by atoms with van der Waals surface area (Å²) < 4.78 is 5.46. The van der Waals surface area contributed by atoms with Crippen LogP contribution < -0.4 is 5.01 Å².